The second kappa shape index (κ2) is 37.4. The summed E-state index contributed by atoms with van der Waals surface area (Å²) in [6.45, 7) is 19.9. The summed E-state index contributed by atoms with van der Waals surface area (Å²) < 4.78 is 99.1. The Hall–Kier alpha value is -11.7. The Morgan fingerprint density at radius 2 is 1.01 bits per heavy atom. The molecule has 7 aromatic carbocycles. The lowest BCUT2D eigenvalue weighted by Gasteiger charge is -2.39. The number of piperazine rings is 2. The Morgan fingerprint density at radius 3 is 1.47 bits per heavy atom. The van der Waals surface area contributed by atoms with E-state index in [1.807, 2.05) is 36.4 Å². The van der Waals surface area contributed by atoms with E-state index in [1.54, 1.807) is 73.1 Å². The van der Waals surface area contributed by atoms with E-state index >= 15 is 0 Å². The molecule has 2 amide bonds. The average Bonchev–Trinajstić information content (AvgIpc) is 0.968. The summed E-state index contributed by atoms with van der Waals surface area (Å²) in [6, 6.07) is 44.4. The van der Waals surface area contributed by atoms with Crippen molar-refractivity contribution in [3.05, 3.63) is 269 Å². The largest absolute Gasteiger partial charge is 0.493 e. The number of nitrogens with zero attached hydrogens (tertiary/aromatic N) is 8. The van der Waals surface area contributed by atoms with Gasteiger partial charge in [0.2, 0.25) is 0 Å². The number of halogens is 3. The number of allylic oxidation sites excluding steroid dienone is 2. The predicted octanol–water partition coefficient (Wildman–Crippen LogP) is 20.0. The zero-order chi connectivity index (χ0) is 90.2. The number of fused-ring (bicyclic) bond motifs is 4. The molecule has 1 saturated carbocycles. The van der Waals surface area contributed by atoms with Crippen molar-refractivity contribution in [3.8, 4) is 34.5 Å². The number of carbonyl (C=O) groups excluding carboxylic acids is 2. The third kappa shape index (κ3) is 20.6. The van der Waals surface area contributed by atoms with Gasteiger partial charge in [0.05, 0.1) is 67.5 Å². The summed E-state index contributed by atoms with van der Waals surface area (Å²) in [5.74, 6) is -0.376. The van der Waals surface area contributed by atoms with E-state index in [4.69, 9.17) is 42.1 Å². The van der Waals surface area contributed by atoms with Crippen LogP contribution in [-0.2, 0) is 39.3 Å². The Morgan fingerprint density at radius 1 is 0.558 bits per heavy atom. The molecule has 1 unspecified atom stereocenters. The van der Waals surface area contributed by atoms with Crippen molar-refractivity contribution in [2.75, 3.05) is 88.5 Å². The lowest BCUT2D eigenvalue weighted by atomic mass is 9.72. The first-order valence-electron chi connectivity index (χ1n) is 44.0. The van der Waals surface area contributed by atoms with Crippen molar-refractivity contribution in [1.29, 1.82) is 0 Å². The Labute approximate surface area is 759 Å². The van der Waals surface area contributed by atoms with Crippen LogP contribution in [-0.4, -0.2) is 147 Å². The maximum atomic E-state index is 14.4. The molecule has 2 saturated heterocycles. The van der Waals surface area contributed by atoms with Gasteiger partial charge in [0.1, 0.15) is 51.6 Å². The number of carbonyl (C=O) groups is 2. The molecule has 4 aromatic heterocycles. The van der Waals surface area contributed by atoms with Gasteiger partial charge in [-0.15, -0.1) is 0 Å². The Bertz CT molecular complexity index is 6440. The van der Waals surface area contributed by atoms with Crippen molar-refractivity contribution >= 4 is 111 Å². The highest BCUT2D eigenvalue weighted by atomic mass is 35.5. The summed E-state index contributed by atoms with van der Waals surface area (Å²) in [7, 11) is -9.30. The minimum atomic E-state index is -4.69. The molecule has 3 fully saturated rings. The molecule has 3 aliphatic carbocycles. The number of rotatable bonds is 23. The van der Waals surface area contributed by atoms with Crippen molar-refractivity contribution in [2.24, 2.45) is 34.5 Å². The summed E-state index contributed by atoms with van der Waals surface area (Å²) in [4.78, 5) is 75.1. The molecule has 0 bridgehead atoms. The van der Waals surface area contributed by atoms with E-state index in [2.05, 4.69) is 108 Å². The number of aromatic amines is 2. The van der Waals surface area contributed by atoms with Gasteiger partial charge in [-0.2, -0.15) is 0 Å². The second-order valence-corrected chi connectivity index (χ2v) is 41.1. The van der Waals surface area contributed by atoms with E-state index in [9.17, 15) is 51.0 Å². The van der Waals surface area contributed by atoms with Gasteiger partial charge in [-0.25, -0.2) is 40.6 Å². The monoisotopic (exact) mass is 1820 g/mol. The number of nitro groups is 2. The van der Waals surface area contributed by atoms with E-state index in [0.717, 1.165) is 161 Å². The van der Waals surface area contributed by atoms with Crippen molar-refractivity contribution in [2.45, 2.75) is 128 Å². The number of amides is 2. The molecule has 2 atom stereocenters. The van der Waals surface area contributed by atoms with Gasteiger partial charge in [-0.1, -0.05) is 124 Å². The predicted molar refractivity (Wildman–Crippen MR) is 497 cm³/mol. The van der Waals surface area contributed by atoms with Crippen LogP contribution < -0.4 is 38.2 Å². The number of nitro benzene ring substituents is 2. The van der Waals surface area contributed by atoms with Crippen LogP contribution in [0, 0.1) is 60.5 Å². The lowest BCUT2D eigenvalue weighted by Crippen LogP contribution is -2.47. The van der Waals surface area contributed by atoms with Crippen LogP contribution in [0.5, 0.6) is 34.5 Å². The maximum Gasteiger partial charge on any atom is 0.277 e. The van der Waals surface area contributed by atoms with E-state index in [-0.39, 0.29) is 93.3 Å². The fourth-order valence-corrected chi connectivity index (χ4v) is 21.4. The first-order chi connectivity index (χ1) is 61.8. The number of aromatic nitrogens is 4. The fourth-order valence-electron chi connectivity index (χ4n) is 19.2. The molecular weight excluding hydrogens is 1720 g/mol. The van der Waals surface area contributed by atoms with Gasteiger partial charge in [0, 0.05) is 158 Å². The molecule has 18 rings (SSSR count). The molecule has 672 valence electrons. The van der Waals surface area contributed by atoms with Crippen LogP contribution in [0.2, 0.25) is 10.0 Å². The summed E-state index contributed by atoms with van der Waals surface area (Å²) in [5, 5.41) is 27.8. The average molecular weight is 1830 g/mol. The van der Waals surface area contributed by atoms with Crippen molar-refractivity contribution in [1.82, 2.24) is 39.2 Å². The van der Waals surface area contributed by atoms with Gasteiger partial charge >= 0.3 is 0 Å². The minimum absolute atomic E-state index is 0.0133. The summed E-state index contributed by atoms with van der Waals surface area (Å²) >= 11 is 12.5. The smallest absolute Gasteiger partial charge is 0.277 e. The third-order valence-corrected chi connectivity index (χ3v) is 29.7. The number of ether oxygens (including phenoxy) is 4. The number of sulfonamides is 2. The van der Waals surface area contributed by atoms with Crippen LogP contribution in [0.15, 0.2) is 203 Å². The van der Waals surface area contributed by atoms with E-state index in [0.29, 0.717) is 71.9 Å². The van der Waals surface area contributed by atoms with Crippen LogP contribution in [0.3, 0.4) is 0 Å². The number of H-pyrrole nitrogens is 2. The van der Waals surface area contributed by atoms with Crippen LogP contribution in [0.25, 0.3) is 33.2 Å². The molecule has 8 heterocycles. The maximum absolute atomic E-state index is 14.4. The topological polar surface area (TPSA) is 320 Å². The van der Waals surface area contributed by atoms with Gasteiger partial charge in [-0.3, -0.25) is 39.6 Å². The number of benzene rings is 7. The molecule has 0 radical (unpaired) electrons. The van der Waals surface area contributed by atoms with Gasteiger partial charge in [-0.05, 0) is 200 Å². The molecule has 4 N–H and O–H groups in total. The van der Waals surface area contributed by atoms with Gasteiger partial charge in [0.25, 0.3) is 43.2 Å². The molecule has 26 nitrogen and oxygen atoms in total. The quantitative estimate of drug-likeness (QED) is 0.0341. The second-order valence-electron chi connectivity index (χ2n) is 36.8. The van der Waals surface area contributed by atoms with Gasteiger partial charge in [0.15, 0.2) is 0 Å². The number of nitrogens with one attached hydrogen (secondary N) is 4. The molecule has 11 aromatic rings. The zero-order valence-electron chi connectivity index (χ0n) is 72.6. The Balaban J connectivity index is 0.000000181. The van der Waals surface area contributed by atoms with Crippen LogP contribution in [0.1, 0.15) is 147 Å². The zero-order valence-corrected chi connectivity index (χ0v) is 75.7. The molecule has 7 aliphatic rings. The highest BCUT2D eigenvalue weighted by molar-refractivity contribution is 7.90. The Kier molecular flexibility index (Phi) is 25.9. The summed E-state index contributed by atoms with van der Waals surface area (Å²) in [6.07, 6.45) is 18.1. The van der Waals surface area contributed by atoms with Crippen molar-refractivity contribution < 1.29 is 59.6 Å². The lowest BCUT2D eigenvalue weighted by molar-refractivity contribution is -0.386. The van der Waals surface area contributed by atoms with Crippen LogP contribution in [0.4, 0.5) is 27.1 Å². The fraction of sp³-hybridized carbons (Fsp3) is 0.367. The number of anilines is 2. The normalized spacial score (nSPS) is 19.6. The molecule has 31 heteroatoms. The van der Waals surface area contributed by atoms with Gasteiger partial charge < -0.3 is 38.7 Å². The van der Waals surface area contributed by atoms with E-state index < -0.39 is 57.2 Å². The first kappa shape index (κ1) is 89.3. The SMILES string of the molecule is CC1(C)CCC(CN2CCN(c3ccc(C(=O)NS(=O)(=O)c4cc5c(c([N+](=O)[O-])c4)C[C@@H](Cc4ccccc4F)CO5)c(Oc4cnc5[nH]ccc5c4)c3)CC2)=C(c2ccc(Cl)cc2)C1.CC1CCC(C2COc3cc(S(=O)(=O)NC(=O)c4ccc(N5CCN(CC6=C(c7ccc(Cl)cc7)CC(C)(C)CC6)CC5)cc4Oc4cnc5[nH]ccc5c4)cc([N+](=O)[O-])c3C2)CC1. The molecule has 0 spiro atoms. The highest BCUT2D eigenvalue weighted by Crippen LogP contribution is 2.48. The molecular formula is C98H103Cl2FN12O14S2. The number of hydrogen-bond donors (Lipinski definition) is 4. The van der Waals surface area contributed by atoms with E-state index in [1.165, 1.54) is 70.1 Å². The minimum Gasteiger partial charge on any atom is -0.493 e. The third-order valence-electron chi connectivity index (χ3n) is 26.6. The summed E-state index contributed by atoms with van der Waals surface area (Å²) in [5.41, 5.74) is 11.7. The van der Waals surface area contributed by atoms with Crippen LogP contribution >= 0.6 is 23.2 Å². The molecule has 129 heavy (non-hydrogen) atoms. The van der Waals surface area contributed by atoms with Crippen molar-refractivity contribution in [3.63, 3.8) is 0 Å². The standard InChI is InChI=1S/C49H48ClFN6O7S.C49H55ClN6O7S/c1-49(2)15-13-35(42(27-49)32-7-9-36(50)10-8-32)29-55-17-19-56(20-18-55)37-11-12-40(46(24-37)64-38-23-34-14-16-52-47(34)53-28-38)48(58)54-65(61,62)39-25-44(57(59)60)41-22-31(30-63-45(41)26-39)21-33-5-3-4-6-43(33)51;1-31-4-6-32(7-5-31)36-23-42-44(56(58)59)25-40(26-45(42)62-30-36)64(60,61)53-48(57)41-13-12-38(24-46(41)63-39-22-34-15-17-51-47(34)52-28-39)55-20-18-54(19-21-55)29-35-14-16-49(2,3)27-43(35)33-8-10-37(50)11-9-33/h3-12,14,16,23-26,28,31H,13,15,17-22,27,29-30H2,1-2H3,(H,52,53)(H,54,58);8-13,15,17,22,24-26,28,31-32,36H,4-7,14,16,18-21,23,27,29-30H2,1-3H3,(H,51,52)(H,53,57)/t31-;/m1./s1. The highest BCUT2D eigenvalue weighted by Gasteiger charge is 2.40. The number of pyridine rings is 2. The molecule has 4 aliphatic heterocycles. The first-order valence-corrected chi connectivity index (χ1v) is 47.7. The number of hydrogen-bond acceptors (Lipinski definition) is 20.